The standard InChI is InChI=1S/C9H9BrN4O/c1-5(11)8-13-14-9(15-8)7-3-2-6(10)4-12-7/h2-5H,11H2,1H3. The summed E-state index contributed by atoms with van der Waals surface area (Å²) in [7, 11) is 0. The number of halogens is 1. The lowest BCUT2D eigenvalue weighted by Gasteiger charge is -1.95. The summed E-state index contributed by atoms with van der Waals surface area (Å²) in [5.41, 5.74) is 6.24. The molecule has 2 heterocycles. The molecule has 5 nitrogen and oxygen atoms in total. The molecule has 1 atom stereocenters. The van der Waals surface area contributed by atoms with E-state index in [0.29, 0.717) is 17.5 Å². The first kappa shape index (κ1) is 10.3. The van der Waals surface area contributed by atoms with Gasteiger partial charge in [0.1, 0.15) is 5.69 Å². The van der Waals surface area contributed by atoms with Crippen LogP contribution in [0.3, 0.4) is 0 Å². The number of hydrogen-bond donors (Lipinski definition) is 1. The van der Waals surface area contributed by atoms with Crippen molar-refractivity contribution in [1.29, 1.82) is 0 Å². The van der Waals surface area contributed by atoms with Crippen LogP contribution in [0.1, 0.15) is 18.9 Å². The van der Waals surface area contributed by atoms with E-state index in [9.17, 15) is 0 Å². The topological polar surface area (TPSA) is 77.8 Å². The van der Waals surface area contributed by atoms with Crippen LogP contribution in [-0.4, -0.2) is 15.2 Å². The van der Waals surface area contributed by atoms with Crippen molar-refractivity contribution in [3.63, 3.8) is 0 Å². The van der Waals surface area contributed by atoms with E-state index in [-0.39, 0.29) is 6.04 Å². The Morgan fingerprint density at radius 3 is 2.73 bits per heavy atom. The normalized spacial score (nSPS) is 12.7. The first-order chi connectivity index (χ1) is 7.16. The highest BCUT2D eigenvalue weighted by Gasteiger charge is 2.11. The fourth-order valence-corrected chi connectivity index (χ4v) is 1.26. The Morgan fingerprint density at radius 1 is 1.40 bits per heavy atom. The predicted octanol–water partition coefficient (Wildman–Crippen LogP) is 1.91. The minimum atomic E-state index is -0.262. The van der Waals surface area contributed by atoms with E-state index < -0.39 is 0 Å². The molecular formula is C9H9BrN4O. The first-order valence-corrected chi connectivity index (χ1v) is 5.17. The van der Waals surface area contributed by atoms with E-state index in [2.05, 4.69) is 31.1 Å². The van der Waals surface area contributed by atoms with Gasteiger partial charge in [-0.05, 0) is 35.0 Å². The maximum Gasteiger partial charge on any atom is 0.266 e. The largest absolute Gasteiger partial charge is 0.418 e. The summed E-state index contributed by atoms with van der Waals surface area (Å²) in [5.74, 6) is 0.796. The number of hydrogen-bond acceptors (Lipinski definition) is 5. The van der Waals surface area contributed by atoms with Crippen LogP contribution in [-0.2, 0) is 0 Å². The van der Waals surface area contributed by atoms with Gasteiger partial charge in [0.15, 0.2) is 0 Å². The van der Waals surface area contributed by atoms with Gasteiger partial charge in [-0.3, -0.25) is 0 Å². The molecule has 0 amide bonds. The third-order valence-electron chi connectivity index (χ3n) is 1.78. The van der Waals surface area contributed by atoms with Crippen LogP contribution in [0, 0.1) is 0 Å². The highest BCUT2D eigenvalue weighted by molar-refractivity contribution is 9.10. The predicted molar refractivity (Wildman–Crippen MR) is 57.8 cm³/mol. The van der Waals surface area contributed by atoms with Crippen LogP contribution in [0.15, 0.2) is 27.2 Å². The van der Waals surface area contributed by atoms with Crippen molar-refractivity contribution in [3.05, 3.63) is 28.7 Å². The first-order valence-electron chi connectivity index (χ1n) is 4.37. The molecule has 0 aliphatic carbocycles. The molecule has 0 fully saturated rings. The van der Waals surface area contributed by atoms with Gasteiger partial charge in [-0.1, -0.05) is 0 Å². The molecule has 2 aromatic heterocycles. The molecular weight excluding hydrogens is 260 g/mol. The van der Waals surface area contributed by atoms with Crippen LogP contribution in [0.25, 0.3) is 11.6 Å². The van der Waals surface area contributed by atoms with Gasteiger partial charge in [-0.2, -0.15) is 0 Å². The highest BCUT2D eigenvalue weighted by atomic mass is 79.9. The summed E-state index contributed by atoms with van der Waals surface area (Å²) in [6, 6.07) is 3.39. The molecule has 0 aliphatic rings. The molecule has 0 aromatic carbocycles. The zero-order chi connectivity index (χ0) is 10.8. The van der Waals surface area contributed by atoms with Gasteiger partial charge in [-0.25, -0.2) is 4.98 Å². The minimum Gasteiger partial charge on any atom is -0.418 e. The summed E-state index contributed by atoms with van der Waals surface area (Å²) < 4.78 is 6.25. The van der Waals surface area contributed by atoms with E-state index in [0.717, 1.165) is 4.47 Å². The van der Waals surface area contributed by atoms with Gasteiger partial charge in [0.25, 0.3) is 5.89 Å². The molecule has 0 radical (unpaired) electrons. The minimum absolute atomic E-state index is 0.262. The van der Waals surface area contributed by atoms with Crippen molar-refractivity contribution in [3.8, 4) is 11.6 Å². The second kappa shape index (κ2) is 4.08. The zero-order valence-electron chi connectivity index (χ0n) is 8.01. The zero-order valence-corrected chi connectivity index (χ0v) is 9.60. The number of pyridine rings is 1. The molecule has 0 bridgehead atoms. The van der Waals surface area contributed by atoms with Crippen LogP contribution in [0.4, 0.5) is 0 Å². The smallest absolute Gasteiger partial charge is 0.266 e. The third kappa shape index (κ3) is 2.21. The second-order valence-electron chi connectivity index (χ2n) is 3.10. The SMILES string of the molecule is CC(N)c1nnc(-c2ccc(Br)cn2)o1. The molecule has 0 saturated carbocycles. The monoisotopic (exact) mass is 268 g/mol. The fraction of sp³-hybridized carbons (Fsp3) is 0.222. The van der Waals surface area contributed by atoms with E-state index in [1.165, 1.54) is 0 Å². The number of rotatable bonds is 2. The van der Waals surface area contributed by atoms with Gasteiger partial charge in [0.05, 0.1) is 6.04 Å². The lowest BCUT2D eigenvalue weighted by molar-refractivity contribution is 0.472. The van der Waals surface area contributed by atoms with Crippen LogP contribution in [0.2, 0.25) is 0 Å². The number of aromatic nitrogens is 3. The Morgan fingerprint density at radius 2 is 2.20 bits per heavy atom. The van der Waals surface area contributed by atoms with Crippen molar-refractivity contribution in [1.82, 2.24) is 15.2 Å². The Labute approximate surface area is 94.8 Å². The Balaban J connectivity index is 2.33. The molecule has 2 N–H and O–H groups in total. The number of nitrogens with two attached hydrogens (primary N) is 1. The van der Waals surface area contributed by atoms with E-state index >= 15 is 0 Å². The summed E-state index contributed by atoms with van der Waals surface area (Å²) in [4.78, 5) is 4.14. The maximum atomic E-state index is 5.61. The molecule has 2 aromatic rings. The van der Waals surface area contributed by atoms with Crippen molar-refractivity contribution >= 4 is 15.9 Å². The van der Waals surface area contributed by atoms with Crippen molar-refractivity contribution in [2.75, 3.05) is 0 Å². The van der Waals surface area contributed by atoms with Crippen LogP contribution >= 0.6 is 15.9 Å². The fourth-order valence-electron chi connectivity index (χ4n) is 1.02. The average Bonchev–Trinajstić information content (AvgIpc) is 2.68. The van der Waals surface area contributed by atoms with E-state index in [1.807, 2.05) is 6.07 Å². The Hall–Kier alpha value is -1.27. The lowest BCUT2D eigenvalue weighted by Crippen LogP contribution is -2.04. The molecule has 2 rings (SSSR count). The molecule has 0 saturated heterocycles. The summed E-state index contributed by atoms with van der Waals surface area (Å²) in [6.07, 6.45) is 1.67. The molecule has 0 spiro atoms. The molecule has 15 heavy (non-hydrogen) atoms. The van der Waals surface area contributed by atoms with Crippen molar-refractivity contribution in [2.45, 2.75) is 13.0 Å². The maximum absolute atomic E-state index is 5.61. The quantitative estimate of drug-likeness (QED) is 0.901. The van der Waals surface area contributed by atoms with E-state index in [4.69, 9.17) is 10.2 Å². The van der Waals surface area contributed by atoms with Crippen LogP contribution in [0.5, 0.6) is 0 Å². The molecule has 1 unspecified atom stereocenters. The molecule has 0 aliphatic heterocycles. The highest BCUT2D eigenvalue weighted by Crippen LogP contribution is 2.19. The molecule has 78 valence electrons. The number of nitrogens with zero attached hydrogens (tertiary/aromatic N) is 3. The van der Waals surface area contributed by atoms with Crippen molar-refractivity contribution < 1.29 is 4.42 Å². The molecule has 6 heteroatoms. The lowest BCUT2D eigenvalue weighted by atomic mass is 10.3. The van der Waals surface area contributed by atoms with Gasteiger partial charge in [0, 0.05) is 10.7 Å². The summed E-state index contributed by atoms with van der Waals surface area (Å²) in [6.45, 7) is 1.78. The van der Waals surface area contributed by atoms with Gasteiger partial charge < -0.3 is 10.2 Å². The summed E-state index contributed by atoms with van der Waals surface area (Å²) >= 11 is 3.30. The van der Waals surface area contributed by atoms with Crippen LogP contribution < -0.4 is 5.73 Å². The van der Waals surface area contributed by atoms with E-state index in [1.54, 1.807) is 19.2 Å². The van der Waals surface area contributed by atoms with Crippen molar-refractivity contribution in [2.24, 2.45) is 5.73 Å². The Bertz CT molecular complexity index is 451. The summed E-state index contributed by atoms with van der Waals surface area (Å²) in [5, 5.41) is 7.68. The average molecular weight is 269 g/mol. The van der Waals surface area contributed by atoms with Gasteiger partial charge in [0.2, 0.25) is 5.89 Å². The van der Waals surface area contributed by atoms with Gasteiger partial charge in [-0.15, -0.1) is 10.2 Å². The third-order valence-corrected chi connectivity index (χ3v) is 2.25. The Kier molecular flexibility index (Phi) is 2.79. The second-order valence-corrected chi connectivity index (χ2v) is 4.01. The van der Waals surface area contributed by atoms with Gasteiger partial charge >= 0.3 is 0 Å².